The van der Waals surface area contributed by atoms with E-state index in [1.807, 2.05) is 60.7 Å². The normalized spacial score (nSPS) is 11.7. The molecule has 0 saturated heterocycles. The van der Waals surface area contributed by atoms with Crippen LogP contribution in [0.4, 0.5) is 0 Å². The molecule has 0 fully saturated rings. The van der Waals surface area contributed by atoms with E-state index in [4.69, 9.17) is 92.8 Å². The maximum absolute atomic E-state index is 6.70. The smallest absolute Gasteiger partial charge is 0.164 e. The van der Waals surface area contributed by atoms with Crippen LogP contribution in [0.25, 0.3) is 83.6 Å². The van der Waals surface area contributed by atoms with E-state index >= 15 is 0 Å². The van der Waals surface area contributed by atoms with Gasteiger partial charge in [0.25, 0.3) is 0 Å². The number of benzene rings is 6. The molecule has 0 bridgehead atoms. The number of hydrogen-bond acceptors (Lipinski definition) is 4. The van der Waals surface area contributed by atoms with Gasteiger partial charge in [-0.3, -0.25) is 0 Å². The molecule has 0 aliphatic carbocycles. The molecule has 20 radical (unpaired) electrons. The summed E-state index contributed by atoms with van der Waals surface area (Å²) in [5.41, 5.74) is 5.32. The Labute approximate surface area is 324 Å². The van der Waals surface area contributed by atoms with Gasteiger partial charge in [-0.25, -0.2) is 15.0 Å². The molecule has 0 amide bonds. The largest absolute Gasteiger partial charge is 0.454 e. The first-order valence-corrected chi connectivity index (χ1v) is 16.7. The number of para-hydroxylation sites is 3. The van der Waals surface area contributed by atoms with Crippen molar-refractivity contribution in [1.29, 1.82) is 0 Å². The summed E-state index contributed by atoms with van der Waals surface area (Å²) in [4.78, 5) is 14.3. The van der Waals surface area contributed by atoms with Crippen LogP contribution in [0.1, 0.15) is 0 Å². The maximum atomic E-state index is 6.70. The van der Waals surface area contributed by atoms with Crippen molar-refractivity contribution >= 4 is 177 Å². The van der Waals surface area contributed by atoms with Gasteiger partial charge < -0.3 is 8.98 Å². The van der Waals surface area contributed by atoms with Crippen molar-refractivity contribution in [2.45, 2.75) is 0 Å². The quantitative estimate of drug-likeness (QED) is 0.201. The molecular formula is C39H14B10N4O. The summed E-state index contributed by atoms with van der Waals surface area (Å²) >= 11 is 0. The van der Waals surface area contributed by atoms with Crippen molar-refractivity contribution in [2.75, 3.05) is 0 Å². The third-order valence-corrected chi connectivity index (χ3v) is 10.0. The molecule has 0 saturated carbocycles. The molecular weight excluding hydrogens is 649 g/mol. The third-order valence-electron chi connectivity index (χ3n) is 10.0. The van der Waals surface area contributed by atoms with E-state index in [0.717, 1.165) is 38.3 Å². The molecule has 0 unspecified atom stereocenters. The monoisotopic (exact) mass is 664 g/mol. The molecule has 0 aliphatic rings. The Kier molecular flexibility index (Phi) is 8.00. The predicted octanol–water partition coefficient (Wildman–Crippen LogP) is -2.19. The first-order chi connectivity index (χ1) is 26.0. The lowest BCUT2D eigenvalue weighted by Crippen LogP contribution is -2.55. The highest BCUT2D eigenvalue weighted by atomic mass is 16.3. The molecule has 3 heterocycles. The van der Waals surface area contributed by atoms with Crippen LogP contribution in [0.2, 0.25) is 0 Å². The van der Waals surface area contributed by atoms with Crippen molar-refractivity contribution < 1.29 is 4.42 Å². The summed E-state index contributed by atoms with van der Waals surface area (Å²) in [5.74, 6) is 0.199. The fraction of sp³-hybridized carbons (Fsp3) is 0. The van der Waals surface area contributed by atoms with Gasteiger partial charge in [-0.2, -0.15) is 0 Å². The Morgan fingerprint density at radius 2 is 0.852 bits per heavy atom. The third kappa shape index (κ3) is 4.97. The second-order valence-corrected chi connectivity index (χ2v) is 13.0. The fourth-order valence-electron chi connectivity index (χ4n) is 7.19. The molecule has 0 aliphatic heterocycles. The molecule has 54 heavy (non-hydrogen) atoms. The van der Waals surface area contributed by atoms with Gasteiger partial charge in [-0.05, 0) is 30.3 Å². The van der Waals surface area contributed by atoms with Crippen LogP contribution >= 0.6 is 0 Å². The van der Waals surface area contributed by atoms with Gasteiger partial charge in [-0.15, -0.1) is 32.8 Å². The first kappa shape index (κ1) is 34.4. The van der Waals surface area contributed by atoms with Gasteiger partial charge in [-0.1, -0.05) is 76.4 Å². The lowest BCUT2D eigenvalue weighted by atomic mass is 9.60. The zero-order valence-corrected chi connectivity index (χ0v) is 28.6. The van der Waals surface area contributed by atoms with E-state index in [9.17, 15) is 0 Å². The number of rotatable bonds is 4. The minimum atomic E-state index is 0.00882. The van der Waals surface area contributed by atoms with Gasteiger partial charge in [0, 0.05) is 38.2 Å². The number of fused-ring (bicyclic) bond motifs is 6. The minimum absolute atomic E-state index is 0.00882. The summed E-state index contributed by atoms with van der Waals surface area (Å²) in [5, 5.41) is 4.09. The van der Waals surface area contributed by atoms with Crippen LogP contribution in [0.15, 0.2) is 89.3 Å². The van der Waals surface area contributed by atoms with Crippen LogP contribution in [0, 0.1) is 0 Å². The van der Waals surface area contributed by atoms with Gasteiger partial charge in [0.05, 0.1) is 16.7 Å². The Morgan fingerprint density at radius 1 is 0.407 bits per heavy atom. The van der Waals surface area contributed by atoms with Crippen molar-refractivity contribution in [1.82, 2.24) is 19.5 Å². The number of hydrogen-bond donors (Lipinski definition) is 0. The van der Waals surface area contributed by atoms with Crippen LogP contribution in [0.3, 0.4) is 0 Å². The number of nitrogens with zero attached hydrogens (tertiary/aromatic N) is 4. The second-order valence-electron chi connectivity index (χ2n) is 13.0. The second kappa shape index (κ2) is 12.6. The highest BCUT2D eigenvalue weighted by molar-refractivity contribution is 6.69. The Hall–Kier alpha value is -5.42. The van der Waals surface area contributed by atoms with E-state index in [1.165, 1.54) is 0 Å². The van der Waals surface area contributed by atoms with Crippen molar-refractivity contribution in [3.8, 4) is 39.9 Å². The average molecular weight is 663 g/mol. The topological polar surface area (TPSA) is 56.7 Å². The Morgan fingerprint density at radius 3 is 1.37 bits per heavy atom. The summed E-state index contributed by atoms with van der Waals surface area (Å²) in [6, 6.07) is 28.3. The van der Waals surface area contributed by atoms with Gasteiger partial charge in [0.15, 0.2) is 23.1 Å². The standard InChI is InChI=1S/C39H14B10N4O/c40-26-24(27(41)31(45)34(48)30(26)44)38-50-37(51-39(52-38)25-28(42)32(46)35(49)33(47)29(25)43)15-12-13-18-19-8-5-11-22(36(19)54-23(18)14-15)53-20-9-3-1-6-16(20)17-7-2-4-10-21(17)53/h1-14H. The summed E-state index contributed by atoms with van der Waals surface area (Å²) in [7, 11) is 63.0. The van der Waals surface area contributed by atoms with Gasteiger partial charge >= 0.3 is 0 Å². The van der Waals surface area contributed by atoms with Crippen molar-refractivity contribution in [3.05, 3.63) is 84.9 Å². The zero-order chi connectivity index (χ0) is 37.7. The molecule has 9 rings (SSSR count). The van der Waals surface area contributed by atoms with Crippen molar-refractivity contribution in [3.63, 3.8) is 0 Å². The molecule has 6 aromatic carbocycles. The van der Waals surface area contributed by atoms with E-state index < -0.39 is 0 Å². The van der Waals surface area contributed by atoms with Crippen LogP contribution in [-0.4, -0.2) is 98.0 Å². The van der Waals surface area contributed by atoms with E-state index in [1.54, 1.807) is 0 Å². The molecule has 15 heteroatoms. The summed E-state index contributed by atoms with van der Waals surface area (Å²) in [6.07, 6.45) is 0. The highest BCUT2D eigenvalue weighted by Crippen LogP contribution is 2.38. The molecule has 0 spiro atoms. The van der Waals surface area contributed by atoms with Gasteiger partial charge in [0.1, 0.15) is 84.0 Å². The number of furan rings is 1. The zero-order valence-electron chi connectivity index (χ0n) is 28.6. The lowest BCUT2D eigenvalue weighted by molar-refractivity contribution is 0.666. The number of aromatic nitrogens is 4. The van der Waals surface area contributed by atoms with Crippen LogP contribution in [-0.2, 0) is 0 Å². The SMILES string of the molecule is [B]c1c([B])c([B])c(-c2nc(-c3ccc4c(c3)oc3c(-n5c6ccccc6c6ccccc65)cccc34)nc(-c3c([B])c([B])c([B])c([B])c3[B])n2)c([B])c1[B]. The molecule has 5 nitrogen and oxygen atoms in total. The van der Waals surface area contributed by atoms with E-state index in [-0.39, 0.29) is 83.2 Å². The van der Waals surface area contributed by atoms with Gasteiger partial charge in [0.2, 0.25) is 0 Å². The van der Waals surface area contributed by atoms with Crippen LogP contribution < -0.4 is 54.6 Å². The van der Waals surface area contributed by atoms with Crippen LogP contribution in [0.5, 0.6) is 0 Å². The highest BCUT2D eigenvalue weighted by Gasteiger charge is 2.22. The first-order valence-electron chi connectivity index (χ1n) is 16.7. The molecule has 0 N–H and O–H groups in total. The Balaban J connectivity index is 1.29. The maximum Gasteiger partial charge on any atom is 0.164 e. The van der Waals surface area contributed by atoms with Crippen molar-refractivity contribution in [2.24, 2.45) is 0 Å². The molecule has 226 valence electrons. The predicted molar refractivity (Wildman–Crippen MR) is 232 cm³/mol. The summed E-state index contributed by atoms with van der Waals surface area (Å²) < 4.78 is 8.92. The lowest BCUT2D eigenvalue weighted by Gasteiger charge is -2.22. The minimum Gasteiger partial charge on any atom is -0.454 e. The Bertz CT molecular complexity index is 2880. The fourth-order valence-corrected chi connectivity index (χ4v) is 7.19. The molecule has 9 aromatic rings. The summed E-state index contributed by atoms with van der Waals surface area (Å²) in [6.45, 7) is 0. The molecule has 3 aromatic heterocycles. The van der Waals surface area contributed by atoms with E-state index in [0.29, 0.717) is 16.7 Å². The average Bonchev–Trinajstić information content (AvgIpc) is 3.73. The molecule has 0 atom stereocenters. The van der Waals surface area contributed by atoms with E-state index in [2.05, 4.69) is 33.8 Å².